The summed E-state index contributed by atoms with van der Waals surface area (Å²) >= 11 is 1.17. The van der Waals surface area contributed by atoms with Crippen molar-refractivity contribution >= 4 is 17.4 Å². The largest absolute Gasteiger partial charge is 0.469 e. The summed E-state index contributed by atoms with van der Waals surface area (Å²) in [6.07, 6.45) is 3.93. The quantitative estimate of drug-likeness (QED) is 0.293. The summed E-state index contributed by atoms with van der Waals surface area (Å²) in [6.45, 7) is 1.85. The van der Waals surface area contributed by atoms with Crippen LogP contribution in [0.4, 0.5) is 5.69 Å². The topological polar surface area (TPSA) is 113 Å². The first-order valence-electron chi connectivity index (χ1n) is 7.83. The van der Waals surface area contributed by atoms with Crippen LogP contribution >= 0.6 is 11.8 Å². The van der Waals surface area contributed by atoms with E-state index in [1.165, 1.54) is 24.2 Å². The minimum Gasteiger partial charge on any atom is -0.469 e. The van der Waals surface area contributed by atoms with Crippen molar-refractivity contribution < 1.29 is 9.34 Å². The Hall–Kier alpha value is -3.53. The maximum atomic E-state index is 10.8. The van der Waals surface area contributed by atoms with Gasteiger partial charge in [-0.25, -0.2) is 9.97 Å². The molecule has 4 rings (SSSR count). The van der Waals surface area contributed by atoms with Crippen molar-refractivity contribution in [2.24, 2.45) is 0 Å². The van der Waals surface area contributed by atoms with Crippen molar-refractivity contribution in [3.8, 4) is 17.1 Å². The van der Waals surface area contributed by atoms with Crippen molar-refractivity contribution in [2.45, 2.75) is 17.2 Å². The average Bonchev–Trinajstić information content (AvgIpc) is 3.28. The first-order valence-corrected chi connectivity index (χ1v) is 8.65. The number of nitrogens with zero attached hydrogens (tertiary/aromatic N) is 6. The van der Waals surface area contributed by atoms with Crippen molar-refractivity contribution in [3.05, 3.63) is 70.9 Å². The second-order valence-electron chi connectivity index (χ2n) is 5.45. The Kier molecular flexibility index (Phi) is 4.38. The highest BCUT2D eigenvalue weighted by molar-refractivity contribution is 7.99. The minimum absolute atomic E-state index is 0.168. The van der Waals surface area contributed by atoms with Crippen LogP contribution in [-0.4, -0.2) is 29.7 Å². The van der Waals surface area contributed by atoms with Crippen LogP contribution in [0.25, 0.3) is 17.1 Å². The third kappa shape index (κ3) is 3.29. The Morgan fingerprint density at radius 1 is 1.11 bits per heavy atom. The van der Waals surface area contributed by atoms with Gasteiger partial charge in [0, 0.05) is 5.69 Å². The van der Waals surface area contributed by atoms with Crippen molar-refractivity contribution in [3.63, 3.8) is 0 Å². The lowest BCUT2D eigenvalue weighted by Gasteiger charge is -2.09. The van der Waals surface area contributed by atoms with Gasteiger partial charge in [0.25, 0.3) is 0 Å². The molecule has 0 bridgehead atoms. The molecule has 0 aliphatic carbocycles. The Labute approximate surface area is 157 Å². The van der Waals surface area contributed by atoms with E-state index in [9.17, 15) is 10.1 Å². The van der Waals surface area contributed by atoms with Crippen LogP contribution < -0.4 is 0 Å². The van der Waals surface area contributed by atoms with Gasteiger partial charge < -0.3 is 4.42 Å². The van der Waals surface area contributed by atoms with Gasteiger partial charge in [-0.3, -0.25) is 14.7 Å². The van der Waals surface area contributed by atoms with E-state index in [-0.39, 0.29) is 5.69 Å². The monoisotopic (exact) mass is 380 g/mol. The van der Waals surface area contributed by atoms with Gasteiger partial charge in [0.1, 0.15) is 18.2 Å². The van der Waals surface area contributed by atoms with Gasteiger partial charge in [-0.1, -0.05) is 18.2 Å². The average molecular weight is 380 g/mol. The summed E-state index contributed by atoms with van der Waals surface area (Å²) in [5.74, 6) is 1.35. The Balaban J connectivity index is 1.78. The van der Waals surface area contributed by atoms with E-state index in [1.54, 1.807) is 6.26 Å². The number of aryl methyl sites for hydroxylation is 1. The molecule has 0 unspecified atom stereocenters. The summed E-state index contributed by atoms with van der Waals surface area (Å²) in [5.41, 5.74) is 1.52. The summed E-state index contributed by atoms with van der Waals surface area (Å²) in [5, 5.41) is 20.2. The first kappa shape index (κ1) is 16.9. The molecule has 0 aliphatic rings. The fraction of sp³-hybridized carbons (Fsp3) is 0.0588. The molecule has 3 aromatic heterocycles. The summed E-state index contributed by atoms with van der Waals surface area (Å²) in [7, 11) is 0. The van der Waals surface area contributed by atoms with E-state index in [2.05, 4.69) is 20.2 Å². The molecule has 3 heterocycles. The van der Waals surface area contributed by atoms with Gasteiger partial charge in [-0.2, -0.15) is 0 Å². The summed E-state index contributed by atoms with van der Waals surface area (Å²) in [4.78, 5) is 18.3. The van der Waals surface area contributed by atoms with Crippen LogP contribution in [0.1, 0.15) is 5.76 Å². The second kappa shape index (κ2) is 7.00. The molecule has 0 radical (unpaired) electrons. The van der Waals surface area contributed by atoms with Gasteiger partial charge >= 0.3 is 5.69 Å². The molecule has 0 saturated carbocycles. The third-order valence-electron chi connectivity index (χ3n) is 3.76. The Bertz CT molecular complexity index is 1090. The van der Waals surface area contributed by atoms with Crippen molar-refractivity contribution in [2.75, 3.05) is 0 Å². The lowest BCUT2D eigenvalue weighted by Crippen LogP contribution is -2.00. The number of furan rings is 1. The lowest BCUT2D eigenvalue weighted by molar-refractivity contribution is -0.385. The molecule has 0 saturated heterocycles. The van der Waals surface area contributed by atoms with Gasteiger partial charge in [0.15, 0.2) is 11.0 Å². The zero-order valence-corrected chi connectivity index (χ0v) is 14.8. The standard InChI is InChI=1S/C17H12N6O3S/c1-11-14(7-8-26-11)15-20-21-17(22(15)12-5-3-2-4-6-12)27-16-18-9-13(10-19-16)23(24)25/h2-10H,1H3. The highest BCUT2D eigenvalue weighted by Crippen LogP contribution is 2.32. The van der Waals surface area contributed by atoms with E-state index in [1.807, 2.05) is 47.9 Å². The molecular weight excluding hydrogens is 368 g/mol. The maximum Gasteiger partial charge on any atom is 0.305 e. The maximum absolute atomic E-state index is 10.8. The van der Waals surface area contributed by atoms with E-state index in [0.717, 1.165) is 17.0 Å². The molecule has 0 fully saturated rings. The molecule has 134 valence electrons. The highest BCUT2D eigenvalue weighted by Gasteiger charge is 2.20. The Morgan fingerprint density at radius 3 is 2.48 bits per heavy atom. The fourth-order valence-corrected chi connectivity index (χ4v) is 3.21. The third-order valence-corrected chi connectivity index (χ3v) is 4.60. The molecule has 27 heavy (non-hydrogen) atoms. The molecule has 10 heteroatoms. The van der Waals surface area contributed by atoms with Gasteiger partial charge in [0.05, 0.1) is 16.7 Å². The SMILES string of the molecule is Cc1occc1-c1nnc(Sc2ncc([N+](=O)[O-])cn2)n1-c1ccccc1. The number of benzene rings is 1. The molecule has 4 aromatic rings. The van der Waals surface area contributed by atoms with Gasteiger partial charge in [-0.05, 0) is 36.9 Å². The number of aromatic nitrogens is 5. The van der Waals surface area contributed by atoms with Crippen LogP contribution in [0.2, 0.25) is 0 Å². The van der Waals surface area contributed by atoms with E-state index >= 15 is 0 Å². The molecule has 0 amide bonds. The number of nitro groups is 1. The molecule has 0 atom stereocenters. The predicted octanol–water partition coefficient (Wildman–Crippen LogP) is 3.69. The number of rotatable bonds is 5. The summed E-state index contributed by atoms with van der Waals surface area (Å²) < 4.78 is 7.26. The number of para-hydroxylation sites is 1. The molecule has 0 aliphatic heterocycles. The van der Waals surface area contributed by atoms with Crippen molar-refractivity contribution in [1.29, 1.82) is 0 Å². The van der Waals surface area contributed by atoms with Gasteiger partial charge in [-0.15, -0.1) is 10.2 Å². The van der Waals surface area contributed by atoms with Crippen LogP contribution in [0, 0.1) is 17.0 Å². The Morgan fingerprint density at radius 2 is 1.85 bits per heavy atom. The molecule has 9 nitrogen and oxygen atoms in total. The van der Waals surface area contributed by atoms with E-state index in [0.29, 0.717) is 16.1 Å². The zero-order valence-electron chi connectivity index (χ0n) is 14.0. The van der Waals surface area contributed by atoms with Crippen LogP contribution in [-0.2, 0) is 0 Å². The molecule has 0 N–H and O–H groups in total. The lowest BCUT2D eigenvalue weighted by atomic mass is 10.2. The van der Waals surface area contributed by atoms with E-state index in [4.69, 9.17) is 4.42 Å². The summed E-state index contributed by atoms with van der Waals surface area (Å²) in [6, 6.07) is 11.4. The minimum atomic E-state index is -0.541. The van der Waals surface area contributed by atoms with Crippen LogP contribution in [0.15, 0.2) is 69.8 Å². The fourth-order valence-electron chi connectivity index (χ4n) is 2.48. The highest BCUT2D eigenvalue weighted by atomic mass is 32.2. The van der Waals surface area contributed by atoms with E-state index < -0.39 is 4.92 Å². The van der Waals surface area contributed by atoms with Gasteiger partial charge in [0.2, 0.25) is 5.16 Å². The van der Waals surface area contributed by atoms with Crippen molar-refractivity contribution in [1.82, 2.24) is 24.7 Å². The first-order chi connectivity index (χ1) is 13.1. The zero-order chi connectivity index (χ0) is 18.8. The molecule has 1 aromatic carbocycles. The number of hydrogen-bond acceptors (Lipinski definition) is 8. The number of hydrogen-bond donors (Lipinski definition) is 0. The van der Waals surface area contributed by atoms with Crippen LogP contribution in [0.5, 0.6) is 0 Å². The molecular formula is C17H12N6O3S. The second-order valence-corrected chi connectivity index (χ2v) is 6.39. The van der Waals surface area contributed by atoms with Crippen LogP contribution in [0.3, 0.4) is 0 Å². The smallest absolute Gasteiger partial charge is 0.305 e. The molecule has 0 spiro atoms. The normalized spacial score (nSPS) is 10.9. The predicted molar refractivity (Wildman–Crippen MR) is 96.6 cm³/mol.